The molecule has 6 nitrogen and oxygen atoms in total. The van der Waals surface area contributed by atoms with Crippen LogP contribution in [0.1, 0.15) is 53.5 Å². The van der Waals surface area contributed by atoms with Crippen LogP contribution in [0.4, 0.5) is 11.4 Å². The molecule has 0 radical (unpaired) electrons. The fourth-order valence-electron chi connectivity index (χ4n) is 3.59. The number of carbonyl (C=O) groups is 1. The summed E-state index contributed by atoms with van der Waals surface area (Å²) in [6.45, 7) is 12.0. The van der Waals surface area contributed by atoms with Gasteiger partial charge in [-0.1, -0.05) is 40.7 Å². The maximum Gasteiger partial charge on any atom is 0.262 e. The highest BCUT2D eigenvalue weighted by atomic mass is 32.2. The Morgan fingerprint density at radius 3 is 2.10 bits per heavy atom. The first kappa shape index (κ1) is 22.7. The normalized spacial score (nSPS) is 12.5. The number of benzene rings is 2. The molecule has 0 heterocycles. The second kappa shape index (κ2) is 8.06. The highest BCUT2D eigenvalue weighted by Gasteiger charge is 2.28. The zero-order valence-corrected chi connectivity index (χ0v) is 18.6. The zero-order valence-electron chi connectivity index (χ0n) is 17.8. The molecule has 1 amide bonds. The van der Waals surface area contributed by atoms with E-state index in [0.717, 1.165) is 12.0 Å². The number of anilines is 2. The topological polar surface area (TPSA) is 95.5 Å². The smallest absolute Gasteiger partial charge is 0.262 e. The highest BCUT2D eigenvalue weighted by molar-refractivity contribution is 7.92. The summed E-state index contributed by atoms with van der Waals surface area (Å²) >= 11 is 0. The number of rotatable bonds is 6. The maximum atomic E-state index is 12.8. The van der Waals surface area contributed by atoms with Gasteiger partial charge in [0.25, 0.3) is 10.0 Å². The second-order valence-corrected chi connectivity index (χ2v) is 10.8. The largest absolute Gasteiger partial charge is 0.506 e. The molecular weight excluding hydrogens is 388 g/mol. The Morgan fingerprint density at radius 2 is 1.59 bits per heavy atom. The summed E-state index contributed by atoms with van der Waals surface area (Å²) < 4.78 is 28.0. The summed E-state index contributed by atoms with van der Waals surface area (Å²) in [6.07, 6.45) is 0.890. The monoisotopic (exact) mass is 418 g/mol. The molecule has 0 bridgehead atoms. The zero-order chi connectivity index (χ0) is 22.0. The number of phenolic OH excluding ortho intramolecular Hbond substituents is 1. The molecule has 158 valence electrons. The molecule has 29 heavy (non-hydrogen) atoms. The predicted molar refractivity (Wildman–Crippen MR) is 117 cm³/mol. The SMILES string of the molecule is CC(=O)Nc1ccc(S(=O)(=O)Nc2cc(C(C)(C)CC(C)(C)C)ccc2O)cc1. The van der Waals surface area contributed by atoms with Gasteiger partial charge >= 0.3 is 0 Å². The Labute approximate surface area is 173 Å². The van der Waals surface area contributed by atoms with E-state index < -0.39 is 10.0 Å². The minimum atomic E-state index is -3.90. The molecule has 0 aliphatic heterocycles. The molecule has 3 N–H and O–H groups in total. The minimum Gasteiger partial charge on any atom is -0.506 e. The lowest BCUT2D eigenvalue weighted by Crippen LogP contribution is -2.25. The van der Waals surface area contributed by atoms with Crippen molar-refractivity contribution in [2.75, 3.05) is 10.0 Å². The van der Waals surface area contributed by atoms with E-state index in [-0.39, 0.29) is 33.1 Å². The van der Waals surface area contributed by atoms with E-state index in [4.69, 9.17) is 0 Å². The molecule has 0 aliphatic carbocycles. The summed E-state index contributed by atoms with van der Waals surface area (Å²) in [5, 5.41) is 12.8. The number of sulfonamides is 1. The molecule has 7 heteroatoms. The van der Waals surface area contributed by atoms with Crippen LogP contribution in [-0.4, -0.2) is 19.4 Å². The van der Waals surface area contributed by atoms with Crippen molar-refractivity contribution in [1.29, 1.82) is 0 Å². The van der Waals surface area contributed by atoms with E-state index in [1.165, 1.54) is 37.3 Å². The lowest BCUT2D eigenvalue weighted by molar-refractivity contribution is -0.114. The highest BCUT2D eigenvalue weighted by Crippen LogP contribution is 2.39. The van der Waals surface area contributed by atoms with Crippen LogP contribution in [0.15, 0.2) is 47.4 Å². The number of aromatic hydroxyl groups is 1. The van der Waals surface area contributed by atoms with Gasteiger partial charge < -0.3 is 10.4 Å². The van der Waals surface area contributed by atoms with Crippen molar-refractivity contribution >= 4 is 27.3 Å². The summed E-state index contributed by atoms with van der Waals surface area (Å²) in [5.41, 5.74) is 1.47. The Morgan fingerprint density at radius 1 is 1.00 bits per heavy atom. The molecule has 0 fully saturated rings. The average molecular weight is 419 g/mol. The Bertz CT molecular complexity index is 988. The van der Waals surface area contributed by atoms with Crippen LogP contribution in [0.2, 0.25) is 0 Å². The summed E-state index contributed by atoms with van der Waals surface area (Å²) in [4.78, 5) is 11.1. The van der Waals surface area contributed by atoms with E-state index >= 15 is 0 Å². The van der Waals surface area contributed by atoms with Crippen LogP contribution < -0.4 is 10.0 Å². The lowest BCUT2D eigenvalue weighted by atomic mass is 9.72. The van der Waals surface area contributed by atoms with Crippen LogP contribution in [0, 0.1) is 5.41 Å². The molecular formula is C22H30N2O4S. The van der Waals surface area contributed by atoms with Crippen molar-refractivity contribution in [3.05, 3.63) is 48.0 Å². The van der Waals surface area contributed by atoms with Crippen LogP contribution in [0.3, 0.4) is 0 Å². The Hall–Kier alpha value is -2.54. The van der Waals surface area contributed by atoms with Crippen molar-refractivity contribution in [2.24, 2.45) is 5.41 Å². The van der Waals surface area contributed by atoms with Crippen molar-refractivity contribution < 1.29 is 18.3 Å². The molecule has 0 spiro atoms. The van der Waals surface area contributed by atoms with Crippen molar-refractivity contribution in [3.63, 3.8) is 0 Å². The van der Waals surface area contributed by atoms with Gasteiger partial charge in [-0.05, 0) is 59.2 Å². The molecule has 0 saturated heterocycles. The first-order chi connectivity index (χ1) is 13.2. The van der Waals surface area contributed by atoms with Crippen LogP contribution in [0.5, 0.6) is 5.75 Å². The standard InChI is InChI=1S/C22H30N2O4S/c1-15(25)23-17-8-10-18(11-9-17)29(27,28)24-19-13-16(7-12-20(19)26)22(5,6)14-21(2,3)4/h7-13,24,26H,14H2,1-6H3,(H,23,25). The Kier molecular flexibility index (Phi) is 6.33. The van der Waals surface area contributed by atoms with Crippen molar-refractivity contribution in [3.8, 4) is 5.75 Å². The van der Waals surface area contributed by atoms with Crippen LogP contribution >= 0.6 is 0 Å². The molecule has 0 unspecified atom stereocenters. The summed E-state index contributed by atoms with van der Waals surface area (Å²) in [6, 6.07) is 10.8. The third-order valence-electron chi connectivity index (χ3n) is 4.48. The van der Waals surface area contributed by atoms with Gasteiger partial charge in [-0.2, -0.15) is 0 Å². The van der Waals surface area contributed by atoms with Gasteiger partial charge in [-0.25, -0.2) is 8.42 Å². The molecule has 0 aliphatic rings. The number of amides is 1. The molecule has 0 atom stereocenters. The summed E-state index contributed by atoms with van der Waals surface area (Å²) in [7, 11) is -3.90. The van der Waals surface area contributed by atoms with Crippen LogP contribution in [-0.2, 0) is 20.2 Å². The minimum absolute atomic E-state index is 0.0327. The van der Waals surface area contributed by atoms with Gasteiger partial charge in [0.15, 0.2) is 0 Å². The number of phenols is 1. The second-order valence-electron chi connectivity index (χ2n) is 9.16. The first-order valence-corrected chi connectivity index (χ1v) is 10.9. The van der Waals surface area contributed by atoms with Crippen molar-refractivity contribution in [1.82, 2.24) is 0 Å². The van der Waals surface area contributed by atoms with E-state index in [9.17, 15) is 18.3 Å². The summed E-state index contributed by atoms with van der Waals surface area (Å²) in [5.74, 6) is -0.378. The number of nitrogens with one attached hydrogen (secondary N) is 2. The molecule has 0 aromatic heterocycles. The maximum absolute atomic E-state index is 12.8. The first-order valence-electron chi connectivity index (χ1n) is 9.44. The van der Waals surface area contributed by atoms with E-state index in [0.29, 0.717) is 5.69 Å². The van der Waals surface area contributed by atoms with Gasteiger partial charge in [0.05, 0.1) is 10.6 Å². The molecule has 2 aromatic rings. The van der Waals surface area contributed by atoms with Crippen LogP contribution in [0.25, 0.3) is 0 Å². The lowest BCUT2D eigenvalue weighted by Gasteiger charge is -2.33. The van der Waals surface area contributed by atoms with E-state index in [1.54, 1.807) is 6.07 Å². The van der Waals surface area contributed by atoms with Gasteiger partial charge in [0.1, 0.15) is 5.75 Å². The number of carbonyl (C=O) groups excluding carboxylic acids is 1. The number of hydrogen-bond donors (Lipinski definition) is 3. The number of hydrogen-bond acceptors (Lipinski definition) is 4. The fourth-order valence-corrected chi connectivity index (χ4v) is 4.66. The molecule has 2 aromatic carbocycles. The quantitative estimate of drug-likeness (QED) is 0.584. The van der Waals surface area contributed by atoms with E-state index in [2.05, 4.69) is 44.7 Å². The Balaban J connectivity index is 2.32. The fraction of sp³-hybridized carbons (Fsp3) is 0.409. The third-order valence-corrected chi connectivity index (χ3v) is 5.86. The van der Waals surface area contributed by atoms with E-state index in [1.807, 2.05) is 6.07 Å². The molecule has 0 saturated carbocycles. The molecule has 2 rings (SSSR count). The van der Waals surface area contributed by atoms with Gasteiger partial charge in [0, 0.05) is 12.6 Å². The third kappa shape index (κ3) is 6.22. The predicted octanol–water partition coefficient (Wildman–Crippen LogP) is 4.87. The van der Waals surface area contributed by atoms with Gasteiger partial charge in [-0.15, -0.1) is 0 Å². The van der Waals surface area contributed by atoms with Crippen molar-refractivity contribution in [2.45, 2.75) is 58.3 Å². The average Bonchev–Trinajstić information content (AvgIpc) is 2.54. The van der Waals surface area contributed by atoms with Gasteiger partial charge in [-0.3, -0.25) is 9.52 Å². The van der Waals surface area contributed by atoms with Gasteiger partial charge in [0.2, 0.25) is 5.91 Å².